The van der Waals surface area contributed by atoms with Crippen molar-refractivity contribution in [2.75, 3.05) is 18.5 Å². The first-order valence-corrected chi connectivity index (χ1v) is 6.90. The number of anilines is 1. The molecule has 0 aromatic heterocycles. The molecule has 2 aromatic carbocycles. The van der Waals surface area contributed by atoms with Gasteiger partial charge in [0.05, 0.1) is 6.61 Å². The Bertz CT molecular complexity index is 635. The number of hydrogen-bond donors (Lipinski definition) is 2. The van der Waals surface area contributed by atoms with Gasteiger partial charge in [0.15, 0.2) is 5.78 Å². The summed E-state index contributed by atoms with van der Waals surface area (Å²) in [4.78, 5) is 12.1. The summed E-state index contributed by atoms with van der Waals surface area (Å²) in [6.07, 6.45) is 1.38. The SMILES string of the molecule is O=C1CCc2c(-c3ccccc3)ccc(NCCO)c21. The van der Waals surface area contributed by atoms with E-state index in [0.29, 0.717) is 13.0 Å². The van der Waals surface area contributed by atoms with Crippen LogP contribution in [0.3, 0.4) is 0 Å². The highest BCUT2D eigenvalue weighted by Gasteiger charge is 2.25. The molecule has 0 spiro atoms. The molecular weight excluding hydrogens is 250 g/mol. The number of carbonyl (C=O) groups is 1. The fourth-order valence-electron chi connectivity index (χ4n) is 2.82. The maximum Gasteiger partial charge on any atom is 0.165 e. The van der Waals surface area contributed by atoms with Gasteiger partial charge >= 0.3 is 0 Å². The second-order valence-electron chi connectivity index (χ2n) is 4.95. The Morgan fingerprint density at radius 2 is 1.85 bits per heavy atom. The molecule has 0 aliphatic heterocycles. The molecule has 0 atom stereocenters. The van der Waals surface area contributed by atoms with E-state index in [4.69, 9.17) is 5.11 Å². The Balaban J connectivity index is 2.09. The Morgan fingerprint density at radius 3 is 2.60 bits per heavy atom. The minimum absolute atomic E-state index is 0.0589. The second kappa shape index (κ2) is 5.47. The van der Waals surface area contributed by atoms with Gasteiger partial charge in [0.2, 0.25) is 0 Å². The van der Waals surface area contributed by atoms with Crippen molar-refractivity contribution in [1.82, 2.24) is 0 Å². The molecule has 0 heterocycles. The summed E-state index contributed by atoms with van der Waals surface area (Å²) in [5, 5.41) is 12.1. The van der Waals surface area contributed by atoms with Gasteiger partial charge in [-0.05, 0) is 29.2 Å². The van der Waals surface area contributed by atoms with Crippen molar-refractivity contribution in [2.24, 2.45) is 0 Å². The van der Waals surface area contributed by atoms with Crippen molar-refractivity contribution in [3.8, 4) is 11.1 Å². The van der Waals surface area contributed by atoms with E-state index in [0.717, 1.165) is 34.4 Å². The molecule has 3 heteroatoms. The van der Waals surface area contributed by atoms with E-state index in [1.54, 1.807) is 0 Å². The molecule has 0 radical (unpaired) electrons. The van der Waals surface area contributed by atoms with Crippen LogP contribution in [0.25, 0.3) is 11.1 Å². The van der Waals surface area contributed by atoms with E-state index >= 15 is 0 Å². The standard InChI is InChI=1S/C17H17NO2/c19-11-10-18-15-8-6-13(12-4-2-1-3-5-12)14-7-9-16(20)17(14)15/h1-6,8,18-19H,7,9-11H2. The average Bonchev–Trinajstić information content (AvgIpc) is 2.88. The zero-order chi connectivity index (χ0) is 13.9. The lowest BCUT2D eigenvalue weighted by atomic mass is 9.95. The smallest absolute Gasteiger partial charge is 0.165 e. The second-order valence-corrected chi connectivity index (χ2v) is 4.95. The molecule has 0 amide bonds. The quantitative estimate of drug-likeness (QED) is 0.895. The Labute approximate surface area is 118 Å². The predicted octanol–water partition coefficient (Wildman–Crippen LogP) is 2.89. The fourth-order valence-corrected chi connectivity index (χ4v) is 2.82. The van der Waals surface area contributed by atoms with Crippen molar-refractivity contribution in [1.29, 1.82) is 0 Å². The van der Waals surface area contributed by atoms with Crippen LogP contribution >= 0.6 is 0 Å². The minimum atomic E-state index is 0.0589. The number of aliphatic hydroxyl groups excluding tert-OH is 1. The summed E-state index contributed by atoms with van der Waals surface area (Å²) in [5.41, 5.74) is 5.06. The molecule has 3 rings (SSSR count). The number of hydrogen-bond acceptors (Lipinski definition) is 3. The Morgan fingerprint density at radius 1 is 1.05 bits per heavy atom. The number of carbonyl (C=O) groups excluding carboxylic acids is 1. The summed E-state index contributed by atoms with van der Waals surface area (Å²) in [6.45, 7) is 0.522. The van der Waals surface area contributed by atoms with Crippen LogP contribution in [0.1, 0.15) is 22.3 Å². The first-order chi connectivity index (χ1) is 9.81. The third-order valence-electron chi connectivity index (χ3n) is 3.71. The minimum Gasteiger partial charge on any atom is -0.395 e. The number of rotatable bonds is 4. The average molecular weight is 267 g/mol. The number of fused-ring (bicyclic) bond motifs is 1. The monoisotopic (exact) mass is 267 g/mol. The van der Waals surface area contributed by atoms with Crippen molar-refractivity contribution in [3.63, 3.8) is 0 Å². The molecule has 3 nitrogen and oxygen atoms in total. The normalized spacial score (nSPS) is 13.3. The summed E-state index contributed by atoms with van der Waals surface area (Å²) < 4.78 is 0. The highest BCUT2D eigenvalue weighted by Crippen LogP contribution is 2.36. The third-order valence-corrected chi connectivity index (χ3v) is 3.71. The van der Waals surface area contributed by atoms with Gasteiger partial charge in [-0.1, -0.05) is 36.4 Å². The van der Waals surface area contributed by atoms with Crippen LogP contribution in [0.15, 0.2) is 42.5 Å². The lowest BCUT2D eigenvalue weighted by Crippen LogP contribution is -2.09. The van der Waals surface area contributed by atoms with Gasteiger partial charge < -0.3 is 10.4 Å². The lowest BCUT2D eigenvalue weighted by Gasteiger charge is -2.13. The van der Waals surface area contributed by atoms with Crippen molar-refractivity contribution >= 4 is 11.5 Å². The van der Waals surface area contributed by atoms with Crippen LogP contribution in [0.2, 0.25) is 0 Å². The highest BCUT2D eigenvalue weighted by molar-refractivity contribution is 6.07. The molecule has 102 valence electrons. The summed E-state index contributed by atoms with van der Waals surface area (Å²) >= 11 is 0. The van der Waals surface area contributed by atoms with Crippen LogP contribution < -0.4 is 5.32 Å². The maximum absolute atomic E-state index is 12.1. The molecule has 20 heavy (non-hydrogen) atoms. The van der Waals surface area contributed by atoms with Crippen molar-refractivity contribution < 1.29 is 9.90 Å². The number of benzene rings is 2. The fraction of sp³-hybridized carbons (Fsp3) is 0.235. The highest BCUT2D eigenvalue weighted by atomic mass is 16.3. The van der Waals surface area contributed by atoms with E-state index < -0.39 is 0 Å². The molecular formula is C17H17NO2. The largest absolute Gasteiger partial charge is 0.395 e. The van der Waals surface area contributed by atoms with Gasteiger partial charge in [-0.25, -0.2) is 0 Å². The summed E-state index contributed by atoms with van der Waals surface area (Å²) in [7, 11) is 0. The van der Waals surface area contributed by atoms with Gasteiger partial charge in [0.25, 0.3) is 0 Å². The van der Waals surface area contributed by atoms with Gasteiger partial charge in [-0.2, -0.15) is 0 Å². The van der Waals surface area contributed by atoms with Crippen molar-refractivity contribution in [2.45, 2.75) is 12.8 Å². The zero-order valence-corrected chi connectivity index (χ0v) is 11.2. The molecule has 0 saturated carbocycles. The van der Waals surface area contributed by atoms with Gasteiger partial charge in [-0.3, -0.25) is 4.79 Å². The first kappa shape index (κ1) is 12.9. The summed E-state index contributed by atoms with van der Waals surface area (Å²) in [6, 6.07) is 14.2. The summed E-state index contributed by atoms with van der Waals surface area (Å²) in [5.74, 6) is 0.193. The maximum atomic E-state index is 12.1. The van der Waals surface area contributed by atoms with Gasteiger partial charge in [0, 0.05) is 24.2 Å². The van der Waals surface area contributed by atoms with Crippen LogP contribution in [0, 0.1) is 0 Å². The topological polar surface area (TPSA) is 49.3 Å². The van der Waals surface area contributed by atoms with Crippen LogP contribution in [-0.2, 0) is 6.42 Å². The van der Waals surface area contributed by atoms with E-state index in [1.807, 2.05) is 24.3 Å². The molecule has 0 bridgehead atoms. The first-order valence-electron chi connectivity index (χ1n) is 6.90. The number of ketones is 1. The number of aliphatic hydroxyl groups is 1. The molecule has 0 fully saturated rings. The lowest BCUT2D eigenvalue weighted by molar-refractivity contribution is 0.0995. The van der Waals surface area contributed by atoms with Crippen LogP contribution in [0.5, 0.6) is 0 Å². The van der Waals surface area contributed by atoms with E-state index in [1.165, 1.54) is 0 Å². The van der Waals surface area contributed by atoms with Gasteiger partial charge in [0.1, 0.15) is 0 Å². The van der Waals surface area contributed by atoms with Crippen LogP contribution in [0.4, 0.5) is 5.69 Å². The van der Waals surface area contributed by atoms with Crippen LogP contribution in [-0.4, -0.2) is 24.0 Å². The molecule has 1 aliphatic rings. The van der Waals surface area contributed by atoms with Gasteiger partial charge in [-0.15, -0.1) is 0 Å². The molecule has 1 aliphatic carbocycles. The van der Waals surface area contributed by atoms with E-state index in [2.05, 4.69) is 23.5 Å². The Kier molecular flexibility index (Phi) is 3.52. The Hall–Kier alpha value is -2.13. The zero-order valence-electron chi connectivity index (χ0n) is 11.2. The van der Waals surface area contributed by atoms with Crippen molar-refractivity contribution in [3.05, 3.63) is 53.6 Å². The van der Waals surface area contributed by atoms with E-state index in [9.17, 15) is 4.79 Å². The molecule has 2 N–H and O–H groups in total. The number of nitrogens with one attached hydrogen (secondary N) is 1. The predicted molar refractivity (Wildman–Crippen MR) is 80.1 cm³/mol. The number of Topliss-reactive ketones (excluding diaryl/α,β-unsaturated/α-hetero) is 1. The third kappa shape index (κ3) is 2.21. The molecule has 0 saturated heterocycles. The molecule has 2 aromatic rings. The molecule has 0 unspecified atom stereocenters. The van der Waals surface area contributed by atoms with E-state index in [-0.39, 0.29) is 12.4 Å².